The Morgan fingerprint density at radius 3 is 3.05 bits per heavy atom. The van der Waals surface area contributed by atoms with Crippen LogP contribution in [-0.4, -0.2) is 33.6 Å². The predicted octanol–water partition coefficient (Wildman–Crippen LogP) is 1.50. The van der Waals surface area contributed by atoms with Crippen molar-refractivity contribution >= 4 is 17.6 Å². The van der Waals surface area contributed by atoms with Crippen LogP contribution in [0.4, 0.5) is 5.69 Å². The van der Waals surface area contributed by atoms with Gasteiger partial charge in [-0.15, -0.1) is 0 Å². The Hall–Kier alpha value is -2.83. The summed E-state index contributed by atoms with van der Waals surface area (Å²) in [5.74, 6) is -0.666. The van der Waals surface area contributed by atoms with Gasteiger partial charge in [-0.1, -0.05) is 0 Å². The van der Waals surface area contributed by atoms with Crippen LogP contribution in [0.3, 0.4) is 0 Å². The Balaban J connectivity index is 2.06. The number of aromatic nitrogens is 2. The van der Waals surface area contributed by atoms with Gasteiger partial charge in [0.25, 0.3) is 0 Å². The van der Waals surface area contributed by atoms with Crippen molar-refractivity contribution in [1.82, 2.24) is 9.97 Å². The number of amides is 1. The molecule has 102 valence electrons. The maximum absolute atomic E-state index is 11.5. The molecule has 3 N–H and O–H groups in total. The van der Waals surface area contributed by atoms with Crippen LogP contribution in [0.5, 0.6) is 5.75 Å². The Labute approximate surface area is 113 Å². The summed E-state index contributed by atoms with van der Waals surface area (Å²) in [6, 6.07) is 5.05. The van der Waals surface area contributed by atoms with E-state index >= 15 is 0 Å². The molecule has 7 heteroatoms. The second-order valence-electron chi connectivity index (χ2n) is 4.29. The monoisotopic (exact) mass is 273 g/mol. The summed E-state index contributed by atoms with van der Waals surface area (Å²) in [6.45, 7) is 0.320. The molecule has 20 heavy (non-hydrogen) atoms. The second kappa shape index (κ2) is 4.69. The fourth-order valence-electron chi connectivity index (χ4n) is 2.04. The van der Waals surface area contributed by atoms with Crippen molar-refractivity contribution in [2.24, 2.45) is 0 Å². The normalized spacial score (nSPS) is 13.9. The summed E-state index contributed by atoms with van der Waals surface area (Å²) < 4.78 is 5.44. The quantitative estimate of drug-likeness (QED) is 0.769. The zero-order valence-electron chi connectivity index (χ0n) is 10.3. The number of H-pyrrole nitrogens is 1. The fourth-order valence-corrected chi connectivity index (χ4v) is 2.04. The molecule has 0 atom stereocenters. The lowest BCUT2D eigenvalue weighted by Crippen LogP contribution is -2.10. The number of fused-ring (bicyclic) bond motifs is 1. The highest BCUT2D eigenvalue weighted by atomic mass is 16.5. The first-order valence-corrected chi connectivity index (χ1v) is 5.99. The molecular weight excluding hydrogens is 262 g/mol. The molecule has 0 radical (unpaired) electrons. The number of hydrogen-bond acceptors (Lipinski definition) is 4. The summed E-state index contributed by atoms with van der Waals surface area (Å²) >= 11 is 0. The highest BCUT2D eigenvalue weighted by molar-refractivity contribution is 5.96. The highest BCUT2D eigenvalue weighted by Gasteiger charge is 2.18. The first kappa shape index (κ1) is 12.2. The number of carbonyl (C=O) groups is 2. The summed E-state index contributed by atoms with van der Waals surface area (Å²) in [4.78, 5) is 29.2. The molecule has 1 aliphatic heterocycles. The number of nitrogens with zero attached hydrogens (tertiary/aromatic N) is 1. The number of benzene rings is 1. The standard InChI is InChI=1S/C13H11N3O4/c17-10-3-4-20-9-2-1-7(5-8(9)16-10)11-12(13(18)19)15-6-14-11/h1-2,5-6H,3-4H2,(H,14,15)(H,16,17)(H,18,19). The van der Waals surface area contributed by atoms with Crippen molar-refractivity contribution in [2.75, 3.05) is 11.9 Å². The van der Waals surface area contributed by atoms with Gasteiger partial charge in [-0.05, 0) is 18.2 Å². The maximum Gasteiger partial charge on any atom is 0.354 e. The van der Waals surface area contributed by atoms with Crippen molar-refractivity contribution < 1.29 is 19.4 Å². The van der Waals surface area contributed by atoms with E-state index in [9.17, 15) is 9.59 Å². The van der Waals surface area contributed by atoms with E-state index in [4.69, 9.17) is 9.84 Å². The maximum atomic E-state index is 11.5. The number of ether oxygens (including phenoxy) is 1. The van der Waals surface area contributed by atoms with Crippen LogP contribution in [0.15, 0.2) is 24.5 Å². The van der Waals surface area contributed by atoms with E-state index in [0.29, 0.717) is 29.3 Å². The molecule has 0 unspecified atom stereocenters. The summed E-state index contributed by atoms with van der Waals surface area (Å²) in [5.41, 5.74) is 1.43. The molecular formula is C13H11N3O4. The van der Waals surface area contributed by atoms with Gasteiger partial charge >= 0.3 is 5.97 Å². The number of aromatic carboxylic acids is 1. The van der Waals surface area contributed by atoms with Crippen LogP contribution in [0, 0.1) is 0 Å². The van der Waals surface area contributed by atoms with Crippen LogP contribution >= 0.6 is 0 Å². The largest absolute Gasteiger partial charge is 0.491 e. The minimum absolute atomic E-state index is 0.00539. The molecule has 0 saturated heterocycles. The van der Waals surface area contributed by atoms with E-state index in [1.54, 1.807) is 18.2 Å². The first-order chi connectivity index (χ1) is 9.65. The van der Waals surface area contributed by atoms with Crippen LogP contribution in [0.1, 0.15) is 16.9 Å². The van der Waals surface area contributed by atoms with E-state index < -0.39 is 5.97 Å². The van der Waals surface area contributed by atoms with Crippen molar-refractivity contribution in [3.05, 3.63) is 30.2 Å². The highest BCUT2D eigenvalue weighted by Crippen LogP contribution is 2.32. The van der Waals surface area contributed by atoms with Crippen molar-refractivity contribution in [3.8, 4) is 17.0 Å². The zero-order chi connectivity index (χ0) is 14.1. The van der Waals surface area contributed by atoms with Gasteiger partial charge in [0.15, 0.2) is 5.69 Å². The van der Waals surface area contributed by atoms with Crippen LogP contribution < -0.4 is 10.1 Å². The van der Waals surface area contributed by atoms with Crippen LogP contribution in [0.2, 0.25) is 0 Å². The van der Waals surface area contributed by atoms with Crippen LogP contribution in [0.25, 0.3) is 11.3 Å². The van der Waals surface area contributed by atoms with Gasteiger partial charge in [-0.3, -0.25) is 4.79 Å². The first-order valence-electron chi connectivity index (χ1n) is 5.99. The molecule has 0 spiro atoms. The summed E-state index contributed by atoms with van der Waals surface area (Å²) in [7, 11) is 0. The van der Waals surface area contributed by atoms with E-state index in [1.165, 1.54) is 6.33 Å². The SMILES string of the molecule is O=C1CCOc2ccc(-c3nc[nH]c3C(=O)O)cc2N1. The molecule has 2 heterocycles. The third-order valence-electron chi connectivity index (χ3n) is 2.97. The number of imidazole rings is 1. The average Bonchev–Trinajstić information content (AvgIpc) is 2.82. The molecule has 0 saturated carbocycles. The smallest absolute Gasteiger partial charge is 0.354 e. The molecule has 1 aromatic carbocycles. The minimum atomic E-state index is -1.09. The third-order valence-corrected chi connectivity index (χ3v) is 2.97. The van der Waals surface area contributed by atoms with Gasteiger partial charge in [0.2, 0.25) is 5.91 Å². The molecule has 1 aromatic heterocycles. The van der Waals surface area contributed by atoms with Gasteiger partial charge in [-0.25, -0.2) is 9.78 Å². The Kier molecular flexibility index (Phi) is 2.86. The lowest BCUT2D eigenvalue weighted by atomic mass is 10.1. The summed E-state index contributed by atoms with van der Waals surface area (Å²) in [5, 5.41) is 11.8. The fraction of sp³-hybridized carbons (Fsp3) is 0.154. The predicted molar refractivity (Wildman–Crippen MR) is 69.7 cm³/mol. The lowest BCUT2D eigenvalue weighted by Gasteiger charge is -2.08. The Morgan fingerprint density at radius 1 is 1.40 bits per heavy atom. The van der Waals surface area contributed by atoms with Gasteiger partial charge in [-0.2, -0.15) is 0 Å². The van der Waals surface area contributed by atoms with E-state index in [-0.39, 0.29) is 18.0 Å². The van der Waals surface area contributed by atoms with Gasteiger partial charge in [0.1, 0.15) is 11.4 Å². The van der Waals surface area contributed by atoms with E-state index in [2.05, 4.69) is 15.3 Å². The molecule has 3 rings (SSSR count). The molecule has 1 aliphatic rings. The topological polar surface area (TPSA) is 104 Å². The number of carboxylic acids is 1. The lowest BCUT2D eigenvalue weighted by molar-refractivity contribution is -0.116. The molecule has 0 bridgehead atoms. The minimum Gasteiger partial charge on any atom is -0.491 e. The van der Waals surface area contributed by atoms with Gasteiger partial charge in [0.05, 0.1) is 25.0 Å². The van der Waals surface area contributed by atoms with Gasteiger partial charge < -0.3 is 20.1 Å². The van der Waals surface area contributed by atoms with Crippen molar-refractivity contribution in [2.45, 2.75) is 6.42 Å². The second-order valence-corrected chi connectivity index (χ2v) is 4.29. The molecule has 1 amide bonds. The molecule has 2 aromatic rings. The van der Waals surface area contributed by atoms with Crippen LogP contribution in [-0.2, 0) is 4.79 Å². The molecule has 0 fully saturated rings. The summed E-state index contributed by atoms with van der Waals surface area (Å²) in [6.07, 6.45) is 1.60. The van der Waals surface area contributed by atoms with Crippen molar-refractivity contribution in [1.29, 1.82) is 0 Å². The number of rotatable bonds is 2. The van der Waals surface area contributed by atoms with E-state index in [0.717, 1.165) is 0 Å². The number of carbonyl (C=O) groups excluding carboxylic acids is 1. The number of nitrogens with one attached hydrogen (secondary N) is 2. The Morgan fingerprint density at radius 2 is 2.25 bits per heavy atom. The number of aromatic amines is 1. The molecule has 7 nitrogen and oxygen atoms in total. The zero-order valence-corrected chi connectivity index (χ0v) is 10.3. The van der Waals surface area contributed by atoms with Gasteiger partial charge in [0, 0.05) is 5.56 Å². The van der Waals surface area contributed by atoms with Crippen molar-refractivity contribution in [3.63, 3.8) is 0 Å². The third kappa shape index (κ3) is 2.09. The number of hydrogen-bond donors (Lipinski definition) is 3. The number of anilines is 1. The number of carboxylic acid groups (broad SMARTS) is 1. The molecule has 0 aliphatic carbocycles. The average molecular weight is 273 g/mol. The Bertz CT molecular complexity index is 693. The van der Waals surface area contributed by atoms with E-state index in [1.807, 2.05) is 0 Å².